The first-order valence-electron chi connectivity index (χ1n) is 5.61. The Hall–Kier alpha value is -1.10. The third-order valence-corrected chi connectivity index (χ3v) is 2.60. The SMILES string of the molecule is Cc1cc(Br)cnc1NCC(=O)NCC(C)C. The summed E-state index contributed by atoms with van der Waals surface area (Å²) in [5, 5.41) is 5.86. The van der Waals surface area contributed by atoms with Crippen LogP contribution >= 0.6 is 15.9 Å². The minimum absolute atomic E-state index is 0.0113. The molecule has 1 rings (SSSR count). The quantitative estimate of drug-likeness (QED) is 0.877. The van der Waals surface area contributed by atoms with Crippen LogP contribution in [0.2, 0.25) is 0 Å². The van der Waals surface area contributed by atoms with E-state index in [0.29, 0.717) is 12.5 Å². The lowest BCUT2D eigenvalue weighted by Gasteiger charge is -2.10. The summed E-state index contributed by atoms with van der Waals surface area (Å²) in [5.74, 6) is 1.20. The number of nitrogens with zero attached hydrogens (tertiary/aromatic N) is 1. The molecule has 0 fully saturated rings. The zero-order chi connectivity index (χ0) is 12.8. The van der Waals surface area contributed by atoms with Crippen LogP contribution in [0, 0.1) is 12.8 Å². The molecule has 1 amide bonds. The molecule has 0 saturated carbocycles. The Morgan fingerprint density at radius 1 is 1.53 bits per heavy atom. The topological polar surface area (TPSA) is 54.0 Å². The zero-order valence-electron chi connectivity index (χ0n) is 10.4. The first-order valence-corrected chi connectivity index (χ1v) is 6.41. The molecule has 0 unspecified atom stereocenters. The van der Waals surface area contributed by atoms with Crippen molar-refractivity contribution in [3.63, 3.8) is 0 Å². The lowest BCUT2D eigenvalue weighted by Crippen LogP contribution is -2.32. The molecule has 94 valence electrons. The smallest absolute Gasteiger partial charge is 0.239 e. The lowest BCUT2D eigenvalue weighted by atomic mass is 10.2. The number of aromatic nitrogens is 1. The van der Waals surface area contributed by atoms with E-state index in [1.807, 2.05) is 13.0 Å². The second-order valence-corrected chi connectivity index (χ2v) is 5.29. The molecule has 2 N–H and O–H groups in total. The van der Waals surface area contributed by atoms with Crippen LogP contribution in [-0.4, -0.2) is 24.0 Å². The highest BCUT2D eigenvalue weighted by molar-refractivity contribution is 9.10. The molecule has 0 atom stereocenters. The van der Waals surface area contributed by atoms with Crippen LogP contribution in [0.15, 0.2) is 16.7 Å². The van der Waals surface area contributed by atoms with Crippen molar-refractivity contribution in [1.82, 2.24) is 10.3 Å². The van der Waals surface area contributed by atoms with E-state index >= 15 is 0 Å². The highest BCUT2D eigenvalue weighted by atomic mass is 79.9. The number of hydrogen-bond acceptors (Lipinski definition) is 3. The number of nitrogens with one attached hydrogen (secondary N) is 2. The molecule has 0 saturated heterocycles. The summed E-state index contributed by atoms with van der Waals surface area (Å²) >= 11 is 3.35. The molecule has 1 heterocycles. The van der Waals surface area contributed by atoms with Crippen molar-refractivity contribution in [3.05, 3.63) is 22.3 Å². The maximum absolute atomic E-state index is 11.5. The highest BCUT2D eigenvalue weighted by Crippen LogP contribution is 2.16. The Labute approximate surface area is 110 Å². The van der Waals surface area contributed by atoms with Gasteiger partial charge in [0.15, 0.2) is 0 Å². The Bertz CT molecular complexity index is 393. The van der Waals surface area contributed by atoms with Crippen molar-refractivity contribution >= 4 is 27.7 Å². The first-order chi connectivity index (χ1) is 7.99. The van der Waals surface area contributed by atoms with Crippen LogP contribution in [-0.2, 0) is 4.79 Å². The predicted octanol–water partition coefficient (Wildman–Crippen LogP) is 2.34. The highest BCUT2D eigenvalue weighted by Gasteiger charge is 2.04. The fraction of sp³-hybridized carbons (Fsp3) is 0.500. The molecule has 4 nitrogen and oxygen atoms in total. The van der Waals surface area contributed by atoms with Crippen LogP contribution in [0.3, 0.4) is 0 Å². The number of hydrogen-bond donors (Lipinski definition) is 2. The largest absolute Gasteiger partial charge is 0.361 e. The second-order valence-electron chi connectivity index (χ2n) is 4.37. The van der Waals surface area contributed by atoms with Crippen molar-refractivity contribution in [2.45, 2.75) is 20.8 Å². The number of amides is 1. The van der Waals surface area contributed by atoms with Gasteiger partial charge in [0.1, 0.15) is 5.82 Å². The van der Waals surface area contributed by atoms with Gasteiger partial charge in [0.25, 0.3) is 0 Å². The number of halogens is 1. The molecule has 1 aromatic rings. The minimum atomic E-state index is -0.0113. The van der Waals surface area contributed by atoms with Crippen molar-refractivity contribution in [2.24, 2.45) is 5.92 Å². The summed E-state index contributed by atoms with van der Waals surface area (Å²) in [5.41, 5.74) is 1.01. The molecule has 5 heteroatoms. The van der Waals surface area contributed by atoms with Gasteiger partial charge in [-0.15, -0.1) is 0 Å². The molecular formula is C12H18BrN3O. The monoisotopic (exact) mass is 299 g/mol. The molecular weight excluding hydrogens is 282 g/mol. The summed E-state index contributed by atoms with van der Waals surface area (Å²) in [6.45, 7) is 7.03. The normalized spacial score (nSPS) is 10.4. The molecule has 0 aliphatic rings. The Balaban J connectivity index is 2.42. The Morgan fingerprint density at radius 3 is 2.82 bits per heavy atom. The average molecular weight is 300 g/mol. The molecule has 0 radical (unpaired) electrons. The zero-order valence-corrected chi connectivity index (χ0v) is 12.0. The Kier molecular flexibility index (Phi) is 5.41. The number of aryl methyl sites for hydroxylation is 1. The third-order valence-electron chi connectivity index (χ3n) is 2.17. The molecule has 0 aliphatic heterocycles. The van der Waals surface area contributed by atoms with Crippen molar-refractivity contribution in [2.75, 3.05) is 18.4 Å². The van der Waals surface area contributed by atoms with Crippen molar-refractivity contribution < 1.29 is 4.79 Å². The lowest BCUT2D eigenvalue weighted by molar-refractivity contribution is -0.119. The van der Waals surface area contributed by atoms with E-state index in [0.717, 1.165) is 15.9 Å². The van der Waals surface area contributed by atoms with E-state index in [-0.39, 0.29) is 12.5 Å². The fourth-order valence-corrected chi connectivity index (χ4v) is 1.72. The number of pyridine rings is 1. The first kappa shape index (κ1) is 14.0. The van der Waals surface area contributed by atoms with E-state index in [4.69, 9.17) is 0 Å². The van der Waals surface area contributed by atoms with Gasteiger partial charge in [-0.3, -0.25) is 4.79 Å². The number of anilines is 1. The Morgan fingerprint density at radius 2 is 2.24 bits per heavy atom. The van der Waals surface area contributed by atoms with Crippen LogP contribution in [0.25, 0.3) is 0 Å². The standard InChI is InChI=1S/C12H18BrN3O/c1-8(2)5-14-11(17)7-16-12-9(3)4-10(13)6-15-12/h4,6,8H,5,7H2,1-3H3,(H,14,17)(H,15,16). The molecule has 0 bridgehead atoms. The van der Waals surface area contributed by atoms with E-state index in [2.05, 4.69) is 45.4 Å². The van der Waals surface area contributed by atoms with E-state index in [1.54, 1.807) is 6.20 Å². The number of carbonyl (C=O) groups is 1. The van der Waals surface area contributed by atoms with Crippen LogP contribution in [0.1, 0.15) is 19.4 Å². The average Bonchev–Trinajstić information content (AvgIpc) is 2.25. The van der Waals surface area contributed by atoms with Gasteiger partial charge >= 0.3 is 0 Å². The summed E-state index contributed by atoms with van der Waals surface area (Å²) in [4.78, 5) is 15.7. The number of rotatable bonds is 5. The van der Waals surface area contributed by atoms with Gasteiger partial charge in [0, 0.05) is 17.2 Å². The molecule has 0 aliphatic carbocycles. The van der Waals surface area contributed by atoms with E-state index < -0.39 is 0 Å². The molecule has 0 aromatic carbocycles. The van der Waals surface area contributed by atoms with Gasteiger partial charge in [-0.25, -0.2) is 4.98 Å². The molecule has 17 heavy (non-hydrogen) atoms. The summed E-state index contributed by atoms with van der Waals surface area (Å²) < 4.78 is 0.935. The molecule has 0 spiro atoms. The second kappa shape index (κ2) is 6.59. The van der Waals surface area contributed by atoms with Crippen molar-refractivity contribution in [3.8, 4) is 0 Å². The summed E-state index contributed by atoms with van der Waals surface area (Å²) in [6.07, 6.45) is 1.71. The van der Waals surface area contributed by atoms with Crippen molar-refractivity contribution in [1.29, 1.82) is 0 Å². The third kappa shape index (κ3) is 5.17. The van der Waals surface area contributed by atoms with E-state index in [9.17, 15) is 4.79 Å². The van der Waals surface area contributed by atoms with Crippen LogP contribution in [0.4, 0.5) is 5.82 Å². The minimum Gasteiger partial charge on any atom is -0.361 e. The maximum Gasteiger partial charge on any atom is 0.239 e. The van der Waals surface area contributed by atoms with Gasteiger partial charge < -0.3 is 10.6 Å². The molecule has 1 aromatic heterocycles. The van der Waals surface area contributed by atoms with Crippen LogP contribution in [0.5, 0.6) is 0 Å². The predicted molar refractivity (Wildman–Crippen MR) is 73.0 cm³/mol. The summed E-state index contributed by atoms with van der Waals surface area (Å²) in [7, 11) is 0. The van der Waals surface area contributed by atoms with Gasteiger partial charge in [0.2, 0.25) is 5.91 Å². The summed E-state index contributed by atoms with van der Waals surface area (Å²) in [6, 6.07) is 1.96. The van der Waals surface area contributed by atoms with Crippen LogP contribution < -0.4 is 10.6 Å². The maximum atomic E-state index is 11.5. The van der Waals surface area contributed by atoms with Gasteiger partial charge in [-0.1, -0.05) is 13.8 Å². The van der Waals surface area contributed by atoms with Gasteiger partial charge in [-0.05, 0) is 40.4 Å². The van der Waals surface area contributed by atoms with Gasteiger partial charge in [-0.2, -0.15) is 0 Å². The fourth-order valence-electron chi connectivity index (χ4n) is 1.27. The number of carbonyl (C=O) groups excluding carboxylic acids is 1. The van der Waals surface area contributed by atoms with E-state index in [1.165, 1.54) is 0 Å². The van der Waals surface area contributed by atoms with Gasteiger partial charge in [0.05, 0.1) is 6.54 Å².